The van der Waals surface area contributed by atoms with Gasteiger partial charge in [0, 0.05) is 18.2 Å². The van der Waals surface area contributed by atoms with Crippen LogP contribution in [0.3, 0.4) is 0 Å². The van der Waals surface area contributed by atoms with Crippen LogP contribution in [0.2, 0.25) is 0 Å². The van der Waals surface area contributed by atoms with E-state index in [1.807, 2.05) is 47.4 Å². The molecule has 2 heterocycles. The lowest BCUT2D eigenvalue weighted by molar-refractivity contribution is -0.120. The van der Waals surface area contributed by atoms with Gasteiger partial charge in [-0.15, -0.1) is 0 Å². The van der Waals surface area contributed by atoms with Gasteiger partial charge in [0.25, 0.3) is 0 Å². The number of benzene rings is 2. The van der Waals surface area contributed by atoms with E-state index in [-0.39, 0.29) is 11.8 Å². The molecule has 2 aromatic carbocycles. The Bertz CT molecular complexity index is 759. The number of hydrogen-bond donors (Lipinski definition) is 1. The van der Waals surface area contributed by atoms with Gasteiger partial charge < -0.3 is 15.0 Å². The van der Waals surface area contributed by atoms with Gasteiger partial charge in [-0.2, -0.15) is 0 Å². The van der Waals surface area contributed by atoms with Gasteiger partial charge in [-0.25, -0.2) is 0 Å². The van der Waals surface area contributed by atoms with E-state index in [1.165, 1.54) is 0 Å². The van der Waals surface area contributed by atoms with Crippen molar-refractivity contribution in [1.82, 2.24) is 0 Å². The molecule has 0 aliphatic carbocycles. The predicted octanol–water partition coefficient (Wildman–Crippen LogP) is 3.79. The molecule has 2 aliphatic rings. The monoisotopic (exact) mass is 322 g/mol. The first kappa shape index (κ1) is 15.1. The highest BCUT2D eigenvalue weighted by atomic mass is 16.5. The number of carbonyl (C=O) groups is 1. The lowest BCUT2D eigenvalue weighted by atomic mass is 9.91. The molecular weight excluding hydrogens is 300 g/mol. The highest BCUT2D eigenvalue weighted by molar-refractivity contribution is 6.01. The molecule has 0 unspecified atom stereocenters. The SMILES string of the molecule is C[C@@H]1CCN(C(=O)[C@H]2CCOc3ccccc32)c2ccccc2N1. The number of fused-ring (bicyclic) bond motifs is 2. The van der Waals surface area contributed by atoms with Crippen LogP contribution in [-0.4, -0.2) is 25.1 Å². The van der Waals surface area contributed by atoms with Gasteiger partial charge >= 0.3 is 0 Å². The van der Waals surface area contributed by atoms with E-state index in [2.05, 4.69) is 18.3 Å². The largest absolute Gasteiger partial charge is 0.493 e. The van der Waals surface area contributed by atoms with Crippen molar-refractivity contribution in [3.8, 4) is 5.75 Å². The first-order valence-corrected chi connectivity index (χ1v) is 8.62. The lowest BCUT2D eigenvalue weighted by Crippen LogP contribution is -2.37. The zero-order chi connectivity index (χ0) is 16.5. The minimum Gasteiger partial charge on any atom is -0.493 e. The molecule has 0 spiro atoms. The molecular formula is C20H22N2O2. The number of amides is 1. The number of para-hydroxylation sites is 3. The molecule has 4 heteroatoms. The Morgan fingerprint density at radius 3 is 2.83 bits per heavy atom. The average molecular weight is 322 g/mol. The van der Waals surface area contributed by atoms with Crippen LogP contribution in [0.1, 0.15) is 31.2 Å². The van der Waals surface area contributed by atoms with Crippen LogP contribution >= 0.6 is 0 Å². The Morgan fingerprint density at radius 1 is 1.12 bits per heavy atom. The Labute approximate surface area is 142 Å². The van der Waals surface area contributed by atoms with E-state index < -0.39 is 0 Å². The van der Waals surface area contributed by atoms with Crippen LogP contribution in [-0.2, 0) is 4.79 Å². The third kappa shape index (κ3) is 2.62. The molecule has 0 fully saturated rings. The minimum absolute atomic E-state index is 0.128. The fourth-order valence-corrected chi connectivity index (χ4v) is 3.63. The normalized spacial score (nSPS) is 22.5. The summed E-state index contributed by atoms with van der Waals surface area (Å²) >= 11 is 0. The summed E-state index contributed by atoms with van der Waals surface area (Å²) in [5.41, 5.74) is 3.03. The molecule has 0 aromatic heterocycles. The highest BCUT2D eigenvalue weighted by Gasteiger charge is 2.33. The van der Waals surface area contributed by atoms with Crippen LogP contribution in [0.5, 0.6) is 5.75 Å². The molecule has 4 rings (SSSR count). The van der Waals surface area contributed by atoms with Crippen molar-refractivity contribution < 1.29 is 9.53 Å². The predicted molar refractivity (Wildman–Crippen MR) is 95.8 cm³/mol. The van der Waals surface area contributed by atoms with Crippen LogP contribution in [0.4, 0.5) is 11.4 Å². The van der Waals surface area contributed by atoms with Crippen molar-refractivity contribution >= 4 is 17.3 Å². The average Bonchev–Trinajstić information content (AvgIpc) is 2.79. The second kappa shape index (κ2) is 6.19. The van der Waals surface area contributed by atoms with Crippen LogP contribution in [0, 0.1) is 0 Å². The Kier molecular flexibility index (Phi) is 3.89. The molecule has 1 amide bonds. The molecule has 0 radical (unpaired) electrons. The maximum absolute atomic E-state index is 13.4. The van der Waals surface area contributed by atoms with Crippen molar-refractivity contribution in [1.29, 1.82) is 0 Å². The molecule has 24 heavy (non-hydrogen) atoms. The molecule has 4 nitrogen and oxygen atoms in total. The topological polar surface area (TPSA) is 41.6 Å². The maximum Gasteiger partial charge on any atom is 0.234 e. The third-order valence-corrected chi connectivity index (χ3v) is 4.91. The van der Waals surface area contributed by atoms with Gasteiger partial charge in [-0.3, -0.25) is 4.79 Å². The number of anilines is 2. The summed E-state index contributed by atoms with van der Waals surface area (Å²) in [6.45, 7) is 3.50. The van der Waals surface area contributed by atoms with Gasteiger partial charge in [0.15, 0.2) is 0 Å². The molecule has 2 atom stereocenters. The van der Waals surface area contributed by atoms with Crippen molar-refractivity contribution in [2.24, 2.45) is 0 Å². The summed E-state index contributed by atoms with van der Waals surface area (Å²) in [5.74, 6) is 0.891. The highest BCUT2D eigenvalue weighted by Crippen LogP contribution is 2.38. The van der Waals surface area contributed by atoms with Crippen molar-refractivity contribution in [3.63, 3.8) is 0 Å². The second-order valence-corrected chi connectivity index (χ2v) is 6.57. The van der Waals surface area contributed by atoms with Crippen molar-refractivity contribution in [2.75, 3.05) is 23.4 Å². The van der Waals surface area contributed by atoms with Gasteiger partial charge in [-0.05, 0) is 38.0 Å². The molecule has 124 valence electrons. The fourth-order valence-electron chi connectivity index (χ4n) is 3.63. The third-order valence-electron chi connectivity index (χ3n) is 4.91. The summed E-state index contributed by atoms with van der Waals surface area (Å²) in [6, 6.07) is 16.3. The van der Waals surface area contributed by atoms with E-state index in [4.69, 9.17) is 4.74 Å². The first-order valence-electron chi connectivity index (χ1n) is 8.62. The number of hydrogen-bond acceptors (Lipinski definition) is 3. The van der Waals surface area contributed by atoms with Crippen LogP contribution in [0.15, 0.2) is 48.5 Å². The summed E-state index contributed by atoms with van der Waals surface area (Å²) in [4.78, 5) is 15.3. The molecule has 0 saturated heterocycles. The number of nitrogens with one attached hydrogen (secondary N) is 1. The zero-order valence-electron chi connectivity index (χ0n) is 13.9. The van der Waals surface area contributed by atoms with Gasteiger partial charge in [0.1, 0.15) is 5.75 Å². The lowest BCUT2D eigenvalue weighted by Gasteiger charge is -2.30. The van der Waals surface area contributed by atoms with E-state index in [1.54, 1.807) is 0 Å². The first-order chi connectivity index (χ1) is 11.7. The van der Waals surface area contributed by atoms with Crippen LogP contribution < -0.4 is 15.0 Å². The standard InChI is InChI=1S/C20H22N2O2/c1-14-10-12-22(18-8-4-3-7-17(18)21-14)20(23)16-11-13-24-19-9-5-2-6-15(16)19/h2-9,14,16,21H,10-13H2,1H3/t14-,16+/m1/s1. The Morgan fingerprint density at radius 2 is 1.92 bits per heavy atom. The Hall–Kier alpha value is -2.49. The fraction of sp³-hybridized carbons (Fsp3) is 0.350. The maximum atomic E-state index is 13.4. The number of nitrogens with zero attached hydrogens (tertiary/aromatic N) is 1. The van der Waals surface area contributed by atoms with Crippen molar-refractivity contribution in [3.05, 3.63) is 54.1 Å². The number of ether oxygens (including phenoxy) is 1. The summed E-state index contributed by atoms with van der Waals surface area (Å²) in [6.07, 6.45) is 1.67. The summed E-state index contributed by atoms with van der Waals surface area (Å²) < 4.78 is 5.72. The molecule has 0 bridgehead atoms. The van der Waals surface area contributed by atoms with Gasteiger partial charge in [-0.1, -0.05) is 30.3 Å². The Balaban J connectivity index is 1.70. The quantitative estimate of drug-likeness (QED) is 0.868. The number of carbonyl (C=O) groups excluding carboxylic acids is 1. The molecule has 2 aromatic rings. The van der Waals surface area contributed by atoms with Gasteiger partial charge in [0.2, 0.25) is 5.91 Å². The van der Waals surface area contributed by atoms with E-state index >= 15 is 0 Å². The summed E-state index contributed by atoms with van der Waals surface area (Å²) in [5, 5.41) is 3.51. The number of rotatable bonds is 1. The zero-order valence-corrected chi connectivity index (χ0v) is 13.9. The molecule has 1 N–H and O–H groups in total. The molecule has 2 aliphatic heterocycles. The van der Waals surface area contributed by atoms with Crippen LogP contribution in [0.25, 0.3) is 0 Å². The second-order valence-electron chi connectivity index (χ2n) is 6.57. The summed E-state index contributed by atoms with van der Waals surface area (Å²) in [7, 11) is 0. The van der Waals surface area contributed by atoms with E-state index in [0.717, 1.165) is 42.1 Å². The van der Waals surface area contributed by atoms with E-state index in [0.29, 0.717) is 12.6 Å². The van der Waals surface area contributed by atoms with E-state index in [9.17, 15) is 4.79 Å². The minimum atomic E-state index is -0.128. The molecule has 0 saturated carbocycles. The van der Waals surface area contributed by atoms with Crippen molar-refractivity contribution in [2.45, 2.75) is 31.7 Å². The smallest absolute Gasteiger partial charge is 0.234 e. The van der Waals surface area contributed by atoms with Gasteiger partial charge in [0.05, 0.1) is 23.9 Å².